The zero-order valence-corrected chi connectivity index (χ0v) is 20.7. The summed E-state index contributed by atoms with van der Waals surface area (Å²) in [4.78, 5) is 24.0. The highest BCUT2D eigenvalue weighted by Crippen LogP contribution is 2.28. The maximum atomic E-state index is 12.0. The van der Waals surface area contributed by atoms with E-state index in [1.165, 1.54) is 48.0 Å². The third kappa shape index (κ3) is 7.49. The Labute approximate surface area is 203 Å². The largest absolute Gasteiger partial charge is 0.386 e. The number of halogens is 4. The van der Waals surface area contributed by atoms with Gasteiger partial charge >= 0.3 is 11.9 Å². The summed E-state index contributed by atoms with van der Waals surface area (Å²) in [6.45, 7) is 2.20. The first-order chi connectivity index (χ1) is 14.7. The van der Waals surface area contributed by atoms with E-state index in [1.54, 1.807) is 12.1 Å². The molecule has 0 aliphatic heterocycles. The maximum absolute atomic E-state index is 12.0. The van der Waals surface area contributed by atoms with Crippen LogP contribution in [-0.4, -0.2) is 11.9 Å². The lowest BCUT2D eigenvalue weighted by atomic mass is 10.1. The van der Waals surface area contributed by atoms with Gasteiger partial charge in [-0.25, -0.2) is 9.59 Å². The number of hydrogen-bond donors (Lipinski definition) is 0. The quantitative estimate of drug-likeness (QED) is 0.206. The van der Waals surface area contributed by atoms with E-state index in [2.05, 4.69) is 40.4 Å². The molecule has 0 aliphatic carbocycles. The van der Waals surface area contributed by atoms with Gasteiger partial charge < -0.3 is 4.74 Å². The summed E-state index contributed by atoms with van der Waals surface area (Å²) in [6.07, 6.45) is 2.43. The first-order valence-electron chi connectivity index (χ1n) is 9.23. The van der Waals surface area contributed by atoms with Crippen LogP contribution in [0.3, 0.4) is 0 Å². The molecule has 0 radical (unpaired) electrons. The van der Waals surface area contributed by atoms with E-state index in [1.807, 2.05) is 0 Å². The van der Waals surface area contributed by atoms with Gasteiger partial charge in [0.05, 0.1) is 31.2 Å². The average molecular weight is 516 g/mol. The molecule has 3 nitrogen and oxygen atoms in total. The lowest BCUT2D eigenvalue weighted by molar-refractivity contribution is 0.0398. The Bertz CT molecular complexity index is 967. The molecule has 0 aromatic heterocycles. The minimum atomic E-state index is -0.980. The van der Waals surface area contributed by atoms with E-state index in [0.29, 0.717) is 0 Å². The van der Waals surface area contributed by atoms with Gasteiger partial charge in [-0.3, -0.25) is 0 Å². The highest BCUT2D eigenvalue weighted by Gasteiger charge is 2.23. The van der Waals surface area contributed by atoms with Crippen molar-refractivity contribution in [1.82, 2.24) is 0 Å². The molecule has 31 heavy (non-hydrogen) atoms. The molecule has 0 heterocycles. The zero-order valence-electron chi connectivity index (χ0n) is 16.5. The number of esters is 2. The third-order valence-corrected chi connectivity index (χ3v) is 5.68. The fourth-order valence-electron chi connectivity index (χ4n) is 2.54. The summed E-state index contributed by atoms with van der Waals surface area (Å²) in [7, 11) is 2.69. The SMILES string of the molecule is CCCc1ccc(P)cc1.O=C(OC(=O)c1c(Cl)cccc1Cl)c1c(Cl)cccc1Cl. The molecule has 1 atom stereocenters. The van der Waals surface area contributed by atoms with Crippen LogP contribution in [0, 0.1) is 0 Å². The second-order valence-electron chi connectivity index (χ2n) is 6.36. The van der Waals surface area contributed by atoms with Crippen molar-refractivity contribution in [2.24, 2.45) is 0 Å². The second-order valence-corrected chi connectivity index (χ2v) is 8.66. The van der Waals surface area contributed by atoms with Crippen LogP contribution in [0.25, 0.3) is 0 Å². The second kappa shape index (κ2) is 12.4. The number of hydrogen-bond acceptors (Lipinski definition) is 3. The predicted molar refractivity (Wildman–Crippen MR) is 132 cm³/mol. The molecule has 0 fully saturated rings. The molecule has 3 aromatic carbocycles. The molecule has 0 saturated carbocycles. The van der Waals surface area contributed by atoms with Crippen molar-refractivity contribution in [3.05, 3.63) is 97.4 Å². The standard InChI is InChI=1S/C14H6Cl4O3.C9H13P/c15-7-3-1-4-8(16)11(7)13(19)21-14(20)12-9(17)5-2-6-10(12)18;1-2-3-8-4-6-9(10)7-5-8/h1-6H;4-7H,2-3,10H2,1H3. The highest BCUT2D eigenvalue weighted by atomic mass is 35.5. The van der Waals surface area contributed by atoms with E-state index in [4.69, 9.17) is 51.1 Å². The molecule has 1 unspecified atom stereocenters. The Morgan fingerprint density at radius 1 is 0.742 bits per heavy atom. The van der Waals surface area contributed by atoms with Gasteiger partial charge in [0.25, 0.3) is 0 Å². The fraction of sp³-hybridized carbons (Fsp3) is 0.130. The number of aryl methyl sites for hydroxylation is 1. The Morgan fingerprint density at radius 3 is 1.48 bits per heavy atom. The highest BCUT2D eigenvalue weighted by molar-refractivity contribution is 7.27. The monoisotopic (exact) mass is 514 g/mol. The van der Waals surface area contributed by atoms with Crippen molar-refractivity contribution in [1.29, 1.82) is 0 Å². The minimum absolute atomic E-state index is 0.0746. The van der Waals surface area contributed by atoms with Gasteiger partial charge in [0, 0.05) is 0 Å². The number of ether oxygens (including phenoxy) is 1. The summed E-state index contributed by atoms with van der Waals surface area (Å²) >= 11 is 23.5. The van der Waals surface area contributed by atoms with E-state index in [-0.39, 0.29) is 31.2 Å². The van der Waals surface area contributed by atoms with Gasteiger partial charge in [0.15, 0.2) is 0 Å². The van der Waals surface area contributed by atoms with Crippen LogP contribution < -0.4 is 5.30 Å². The van der Waals surface area contributed by atoms with E-state index < -0.39 is 11.9 Å². The van der Waals surface area contributed by atoms with Crippen LogP contribution in [0.2, 0.25) is 20.1 Å². The van der Waals surface area contributed by atoms with Crippen LogP contribution in [0.15, 0.2) is 60.7 Å². The number of rotatable bonds is 4. The molecule has 0 N–H and O–H groups in total. The van der Waals surface area contributed by atoms with Crippen LogP contribution in [0.1, 0.15) is 39.6 Å². The lowest BCUT2D eigenvalue weighted by Crippen LogP contribution is -2.14. The molecule has 0 aliphatic rings. The van der Waals surface area contributed by atoms with Gasteiger partial charge in [-0.2, -0.15) is 0 Å². The molecule has 0 saturated heterocycles. The first kappa shape index (κ1) is 25.6. The predicted octanol–water partition coefficient (Wildman–Crippen LogP) is 7.44. The van der Waals surface area contributed by atoms with Gasteiger partial charge in [0.1, 0.15) is 0 Å². The fourth-order valence-corrected chi connectivity index (χ4v) is 3.84. The normalized spacial score (nSPS) is 10.1. The van der Waals surface area contributed by atoms with Crippen molar-refractivity contribution in [3.8, 4) is 0 Å². The van der Waals surface area contributed by atoms with Crippen molar-refractivity contribution < 1.29 is 14.3 Å². The number of carbonyl (C=O) groups is 2. The van der Waals surface area contributed by atoms with Gasteiger partial charge in [-0.15, -0.1) is 9.24 Å². The molecule has 0 amide bonds. The number of benzene rings is 3. The molecule has 3 rings (SSSR count). The summed E-state index contributed by atoms with van der Waals surface area (Å²) in [5, 5.41) is 1.56. The molecule has 0 spiro atoms. The maximum Gasteiger partial charge on any atom is 0.349 e. The van der Waals surface area contributed by atoms with Crippen molar-refractivity contribution in [3.63, 3.8) is 0 Å². The summed E-state index contributed by atoms with van der Waals surface area (Å²) < 4.78 is 4.73. The Kier molecular flexibility index (Phi) is 10.3. The smallest absolute Gasteiger partial charge is 0.349 e. The van der Waals surface area contributed by atoms with Crippen LogP contribution >= 0.6 is 55.6 Å². The Balaban J connectivity index is 0.000000285. The van der Waals surface area contributed by atoms with Crippen LogP contribution in [0.5, 0.6) is 0 Å². The first-order valence-corrected chi connectivity index (χ1v) is 11.3. The summed E-state index contributed by atoms with van der Waals surface area (Å²) in [6, 6.07) is 17.6. The van der Waals surface area contributed by atoms with Crippen LogP contribution in [-0.2, 0) is 11.2 Å². The molecule has 162 valence electrons. The van der Waals surface area contributed by atoms with Gasteiger partial charge in [-0.1, -0.05) is 96.1 Å². The van der Waals surface area contributed by atoms with Crippen molar-refractivity contribution in [2.75, 3.05) is 0 Å². The Hall–Kier alpha value is -1.61. The van der Waals surface area contributed by atoms with Crippen LogP contribution in [0.4, 0.5) is 0 Å². The topological polar surface area (TPSA) is 43.4 Å². The summed E-state index contributed by atoms with van der Waals surface area (Å²) in [5.41, 5.74) is 1.24. The average Bonchev–Trinajstić information content (AvgIpc) is 2.70. The zero-order chi connectivity index (χ0) is 23.0. The molecular formula is C23H19Cl4O3P. The van der Waals surface area contributed by atoms with E-state index in [0.717, 1.165) is 0 Å². The lowest BCUT2D eigenvalue weighted by Gasteiger charge is -2.08. The molecule has 3 aromatic rings. The van der Waals surface area contributed by atoms with Gasteiger partial charge in [-0.05, 0) is 41.6 Å². The molecule has 8 heteroatoms. The van der Waals surface area contributed by atoms with E-state index in [9.17, 15) is 9.59 Å². The minimum Gasteiger partial charge on any atom is -0.386 e. The van der Waals surface area contributed by atoms with Crippen molar-refractivity contribution >= 4 is 72.9 Å². The molecule has 0 bridgehead atoms. The van der Waals surface area contributed by atoms with Gasteiger partial charge in [0.2, 0.25) is 0 Å². The Morgan fingerprint density at radius 2 is 1.13 bits per heavy atom. The van der Waals surface area contributed by atoms with E-state index >= 15 is 0 Å². The summed E-state index contributed by atoms with van der Waals surface area (Å²) in [5.74, 6) is -1.96. The third-order valence-electron chi connectivity index (χ3n) is 4.04. The molecular weight excluding hydrogens is 497 g/mol. The number of carbonyl (C=O) groups excluding carboxylic acids is 2. The van der Waals surface area contributed by atoms with Crippen molar-refractivity contribution in [2.45, 2.75) is 19.8 Å².